The van der Waals surface area contributed by atoms with E-state index in [4.69, 9.17) is 10.1 Å². The highest BCUT2D eigenvalue weighted by Crippen LogP contribution is 2.41. The van der Waals surface area contributed by atoms with Crippen LogP contribution in [0.4, 0.5) is 5.69 Å². The van der Waals surface area contributed by atoms with Crippen LogP contribution in [-0.2, 0) is 10.3 Å². The van der Waals surface area contributed by atoms with Crippen LogP contribution in [0.5, 0.6) is 0 Å². The molecule has 0 aromatic heterocycles. The summed E-state index contributed by atoms with van der Waals surface area (Å²) in [6.45, 7) is 2.06. The number of hydrogen-bond donors (Lipinski definition) is 2. The summed E-state index contributed by atoms with van der Waals surface area (Å²) < 4.78 is 5.34. The first-order valence-electron chi connectivity index (χ1n) is 11.1. The van der Waals surface area contributed by atoms with E-state index in [0.29, 0.717) is 23.4 Å². The Morgan fingerprint density at radius 3 is 1.69 bits per heavy atom. The second-order valence-electron chi connectivity index (χ2n) is 7.77. The lowest BCUT2D eigenvalue weighted by Gasteiger charge is -2.38. The fraction of sp³-hybridized carbons (Fsp3) is 0.133. The minimum atomic E-state index is -0.744. The molecule has 0 saturated carbocycles. The fourth-order valence-electron chi connectivity index (χ4n) is 4.16. The number of nitrogens with one attached hydrogen (secondary N) is 2. The summed E-state index contributed by atoms with van der Waals surface area (Å²) in [6.07, 6.45) is 0. The fourth-order valence-corrected chi connectivity index (χ4v) is 4.49. The second kappa shape index (κ2) is 11.6. The maximum atomic E-state index is 12.4. The van der Waals surface area contributed by atoms with Gasteiger partial charge in [-0.1, -0.05) is 98.4 Å². The molecule has 4 aromatic carbocycles. The lowest BCUT2D eigenvalue weighted by Crippen LogP contribution is -2.38. The average Bonchev–Trinajstić information content (AvgIpc) is 2.89. The van der Waals surface area contributed by atoms with Crippen molar-refractivity contribution in [1.82, 2.24) is 0 Å². The molecule has 0 heterocycles. The van der Waals surface area contributed by atoms with E-state index in [1.165, 1.54) is 0 Å². The predicted molar refractivity (Wildman–Crippen MR) is 148 cm³/mol. The predicted octanol–water partition coefficient (Wildman–Crippen LogP) is 7.62. The molecule has 0 atom stereocenters. The van der Waals surface area contributed by atoms with Crippen LogP contribution < -0.4 is 5.32 Å². The minimum Gasteiger partial charge on any atom is -0.462 e. The first-order chi connectivity index (χ1) is 16.6. The number of rotatable bonds is 8. The number of ether oxygens (including phenoxy) is 1. The number of carbonyl (C=O) groups excluding carboxylic acids is 1. The zero-order valence-electron chi connectivity index (χ0n) is 18.8. The van der Waals surface area contributed by atoms with Crippen molar-refractivity contribution in [3.8, 4) is 0 Å². The van der Waals surface area contributed by atoms with Crippen LogP contribution in [0, 0.1) is 5.41 Å². The zero-order valence-corrected chi connectivity index (χ0v) is 20.4. The third-order valence-corrected chi connectivity index (χ3v) is 6.14. The molecular formula is C30H29BrN2O2. The van der Waals surface area contributed by atoms with Crippen molar-refractivity contribution < 1.29 is 9.53 Å². The average molecular weight is 529 g/mol. The molecule has 35 heavy (non-hydrogen) atoms. The summed E-state index contributed by atoms with van der Waals surface area (Å²) in [5.74, 6) is -0.413. The molecule has 4 rings (SSSR count). The summed E-state index contributed by atoms with van der Waals surface area (Å²) in [5, 5.41) is 12.1. The van der Waals surface area contributed by atoms with E-state index in [1.807, 2.05) is 60.7 Å². The molecule has 0 aliphatic carbocycles. The second-order valence-corrected chi connectivity index (χ2v) is 8.56. The van der Waals surface area contributed by atoms with Crippen molar-refractivity contribution >= 4 is 32.2 Å². The quantitative estimate of drug-likeness (QED) is 0.140. The van der Waals surface area contributed by atoms with E-state index in [2.05, 4.69) is 57.6 Å². The summed E-state index contributed by atoms with van der Waals surface area (Å²) in [4.78, 5) is 12.4. The van der Waals surface area contributed by atoms with Gasteiger partial charge in [0.15, 0.2) is 0 Å². The Balaban J connectivity index is 0.00000342. The number of esters is 1. The Labute approximate surface area is 215 Å². The van der Waals surface area contributed by atoms with Gasteiger partial charge in [0, 0.05) is 11.3 Å². The molecule has 0 saturated heterocycles. The van der Waals surface area contributed by atoms with Gasteiger partial charge in [-0.2, -0.15) is 0 Å². The van der Waals surface area contributed by atoms with Gasteiger partial charge in [0.25, 0.3) is 0 Å². The minimum absolute atomic E-state index is 0. The Morgan fingerprint density at radius 2 is 1.29 bits per heavy atom. The highest BCUT2D eigenvalue weighted by atomic mass is 79.9. The molecule has 4 nitrogen and oxygen atoms in total. The van der Waals surface area contributed by atoms with E-state index >= 15 is 0 Å². The molecule has 0 unspecified atom stereocenters. The molecule has 5 heteroatoms. The largest absolute Gasteiger partial charge is 0.462 e. The van der Waals surface area contributed by atoms with Gasteiger partial charge in [-0.3, -0.25) is 5.41 Å². The van der Waals surface area contributed by atoms with Gasteiger partial charge in [-0.15, -0.1) is 0 Å². The first-order valence-corrected chi connectivity index (χ1v) is 11.9. The lowest BCUT2D eigenvalue weighted by atomic mass is 9.76. The van der Waals surface area contributed by atoms with Gasteiger partial charge >= 0.3 is 5.97 Å². The molecule has 0 bridgehead atoms. The van der Waals surface area contributed by atoms with Gasteiger partial charge < -0.3 is 10.1 Å². The third kappa shape index (κ3) is 5.36. The van der Waals surface area contributed by atoms with E-state index in [1.54, 1.807) is 19.1 Å². The maximum absolute atomic E-state index is 12.4. The van der Waals surface area contributed by atoms with Crippen molar-refractivity contribution in [1.29, 1.82) is 5.41 Å². The first kappa shape index (κ1) is 25.9. The molecule has 0 aliphatic rings. The maximum Gasteiger partial charge on any atom is 0.338 e. The van der Waals surface area contributed by atoms with E-state index in [0.717, 1.165) is 16.7 Å². The molecule has 0 radical (unpaired) electrons. The van der Waals surface area contributed by atoms with Crippen molar-refractivity contribution in [2.75, 3.05) is 11.9 Å². The molecular weight excluding hydrogens is 500 g/mol. The smallest absolute Gasteiger partial charge is 0.338 e. The van der Waals surface area contributed by atoms with Gasteiger partial charge in [0.2, 0.25) is 0 Å². The van der Waals surface area contributed by atoms with Gasteiger partial charge in [0.1, 0.15) is 10.2 Å². The highest BCUT2D eigenvalue weighted by Gasteiger charge is 2.37. The molecule has 0 spiro atoms. The number of carbonyl (C=O) groups is 1. The number of anilines is 1. The molecule has 2 N–H and O–H groups in total. The molecule has 0 fully saturated rings. The standard InChI is InChI=1S/C29H25BrN2O2.CH4/c1-2-34-28(33)21-18-19-26(25(20-21)27(30)31)32-29(22-12-6-3-7-13-22,23-14-8-4-9-15-23)24-16-10-5-11-17-24;/h3-20,31-32H,2H2,1H3;1H4. The molecule has 0 aliphatic heterocycles. The summed E-state index contributed by atoms with van der Waals surface area (Å²) >= 11 is 3.32. The molecule has 178 valence electrons. The normalized spacial score (nSPS) is 10.7. The molecule has 0 amide bonds. The Kier molecular flexibility index (Phi) is 8.61. The van der Waals surface area contributed by atoms with Crippen LogP contribution in [0.25, 0.3) is 0 Å². The van der Waals surface area contributed by atoms with Gasteiger partial charge in [0.05, 0.1) is 12.2 Å². The molecule has 4 aromatic rings. The van der Waals surface area contributed by atoms with Crippen LogP contribution in [0.3, 0.4) is 0 Å². The van der Waals surface area contributed by atoms with Gasteiger partial charge in [-0.25, -0.2) is 4.79 Å². The number of halogens is 1. The number of hydrogen-bond acceptors (Lipinski definition) is 4. The zero-order chi connectivity index (χ0) is 24.0. The van der Waals surface area contributed by atoms with Crippen LogP contribution in [0.15, 0.2) is 109 Å². The van der Waals surface area contributed by atoms with Crippen LogP contribution >= 0.6 is 15.9 Å². The van der Waals surface area contributed by atoms with Crippen LogP contribution in [0.1, 0.15) is 47.0 Å². The van der Waals surface area contributed by atoms with E-state index < -0.39 is 11.5 Å². The topological polar surface area (TPSA) is 62.2 Å². The highest BCUT2D eigenvalue weighted by molar-refractivity contribution is 9.18. The van der Waals surface area contributed by atoms with Crippen molar-refractivity contribution in [2.24, 2.45) is 0 Å². The number of benzene rings is 4. The van der Waals surface area contributed by atoms with E-state index in [-0.39, 0.29) is 12.0 Å². The van der Waals surface area contributed by atoms with Crippen LogP contribution in [-0.4, -0.2) is 17.2 Å². The summed E-state index contributed by atoms with van der Waals surface area (Å²) in [5.41, 5.74) is 4.09. The Bertz CT molecular complexity index is 1180. The van der Waals surface area contributed by atoms with Crippen molar-refractivity contribution in [3.63, 3.8) is 0 Å². The van der Waals surface area contributed by atoms with E-state index in [9.17, 15) is 4.79 Å². The summed E-state index contributed by atoms with van der Waals surface area (Å²) in [6, 6.07) is 36.0. The summed E-state index contributed by atoms with van der Waals surface area (Å²) in [7, 11) is 0. The third-order valence-electron chi connectivity index (χ3n) is 5.71. The van der Waals surface area contributed by atoms with Crippen molar-refractivity contribution in [2.45, 2.75) is 19.9 Å². The SMILES string of the molecule is C.CCOC(=O)c1ccc(NC(c2ccccc2)(c2ccccc2)c2ccccc2)c(C(=N)Br)c1. The van der Waals surface area contributed by atoms with Crippen molar-refractivity contribution in [3.05, 3.63) is 137 Å². The lowest BCUT2D eigenvalue weighted by molar-refractivity contribution is 0.0526. The van der Waals surface area contributed by atoms with Crippen LogP contribution in [0.2, 0.25) is 0 Å². The van der Waals surface area contributed by atoms with Gasteiger partial charge in [-0.05, 0) is 57.7 Å². The Morgan fingerprint density at radius 1 is 0.829 bits per heavy atom. The monoisotopic (exact) mass is 528 g/mol. The Hall–Kier alpha value is -3.70.